The molecule has 2 aromatic carbocycles. The largest absolute Gasteiger partial charge is 0.378 e. The molecule has 0 saturated heterocycles. The SMILES string of the molecule is Cc1cc(C)cc(CC(=O)CNc2ccccc2)c1. The summed E-state index contributed by atoms with van der Waals surface area (Å²) in [4.78, 5) is 11.9. The number of rotatable bonds is 5. The number of hydrogen-bond donors (Lipinski definition) is 1. The zero-order chi connectivity index (χ0) is 13.7. The first-order valence-electron chi connectivity index (χ1n) is 6.51. The van der Waals surface area contributed by atoms with Crippen molar-refractivity contribution in [3.8, 4) is 0 Å². The van der Waals surface area contributed by atoms with E-state index in [1.807, 2.05) is 30.3 Å². The molecule has 0 fully saturated rings. The van der Waals surface area contributed by atoms with Gasteiger partial charge in [-0.05, 0) is 31.5 Å². The molecule has 2 rings (SSSR count). The molecule has 0 spiro atoms. The molecule has 0 aromatic heterocycles. The Hall–Kier alpha value is -2.09. The molecule has 2 aromatic rings. The highest BCUT2D eigenvalue weighted by Crippen LogP contribution is 2.10. The van der Waals surface area contributed by atoms with Crippen molar-refractivity contribution in [2.45, 2.75) is 20.3 Å². The lowest BCUT2D eigenvalue weighted by atomic mass is 10.0. The lowest BCUT2D eigenvalue weighted by molar-refractivity contribution is -0.116. The van der Waals surface area contributed by atoms with Gasteiger partial charge in [-0.25, -0.2) is 0 Å². The zero-order valence-corrected chi connectivity index (χ0v) is 11.4. The lowest BCUT2D eigenvalue weighted by Gasteiger charge is -2.07. The third-order valence-electron chi connectivity index (χ3n) is 2.95. The van der Waals surface area contributed by atoms with Gasteiger partial charge in [0, 0.05) is 12.1 Å². The average Bonchev–Trinajstić information content (AvgIpc) is 2.36. The Bertz CT molecular complexity index is 540. The molecular formula is C17H19NO. The fourth-order valence-electron chi connectivity index (χ4n) is 2.22. The molecule has 0 saturated carbocycles. The summed E-state index contributed by atoms with van der Waals surface area (Å²) in [5.74, 6) is 0.203. The highest BCUT2D eigenvalue weighted by molar-refractivity contribution is 5.85. The number of para-hydroxylation sites is 1. The molecule has 0 amide bonds. The maximum atomic E-state index is 11.9. The first-order chi connectivity index (χ1) is 9.13. The van der Waals surface area contributed by atoms with Crippen LogP contribution in [0.15, 0.2) is 48.5 Å². The van der Waals surface area contributed by atoms with Crippen molar-refractivity contribution < 1.29 is 4.79 Å². The number of hydrogen-bond acceptors (Lipinski definition) is 2. The molecule has 0 atom stereocenters. The van der Waals surface area contributed by atoms with Gasteiger partial charge in [-0.3, -0.25) is 4.79 Å². The zero-order valence-electron chi connectivity index (χ0n) is 11.4. The van der Waals surface area contributed by atoms with Crippen LogP contribution in [0.1, 0.15) is 16.7 Å². The van der Waals surface area contributed by atoms with Gasteiger partial charge in [-0.2, -0.15) is 0 Å². The van der Waals surface area contributed by atoms with Gasteiger partial charge >= 0.3 is 0 Å². The van der Waals surface area contributed by atoms with Gasteiger partial charge in [-0.15, -0.1) is 0 Å². The summed E-state index contributed by atoms with van der Waals surface area (Å²) in [7, 11) is 0. The molecule has 0 aliphatic carbocycles. The first kappa shape index (κ1) is 13.3. The average molecular weight is 253 g/mol. The number of Topliss-reactive ketones (excluding diaryl/α,β-unsaturated/α-hetero) is 1. The van der Waals surface area contributed by atoms with Crippen molar-refractivity contribution in [2.24, 2.45) is 0 Å². The minimum Gasteiger partial charge on any atom is -0.378 e. The summed E-state index contributed by atoms with van der Waals surface area (Å²) in [6, 6.07) is 16.1. The number of anilines is 1. The van der Waals surface area contributed by atoms with Crippen molar-refractivity contribution >= 4 is 11.5 Å². The number of ketones is 1. The highest BCUT2D eigenvalue weighted by atomic mass is 16.1. The van der Waals surface area contributed by atoms with Crippen LogP contribution in [0, 0.1) is 13.8 Å². The Balaban J connectivity index is 1.91. The fraction of sp³-hybridized carbons (Fsp3) is 0.235. The lowest BCUT2D eigenvalue weighted by Crippen LogP contribution is -2.16. The third-order valence-corrected chi connectivity index (χ3v) is 2.95. The first-order valence-corrected chi connectivity index (χ1v) is 6.51. The number of aryl methyl sites for hydroxylation is 2. The van der Waals surface area contributed by atoms with Gasteiger partial charge in [-0.1, -0.05) is 47.5 Å². The van der Waals surface area contributed by atoms with Crippen LogP contribution in [0.4, 0.5) is 5.69 Å². The van der Waals surface area contributed by atoms with Gasteiger partial charge in [0.05, 0.1) is 6.54 Å². The monoisotopic (exact) mass is 253 g/mol. The van der Waals surface area contributed by atoms with Crippen LogP contribution in [0.5, 0.6) is 0 Å². The van der Waals surface area contributed by atoms with Gasteiger partial charge in [0.2, 0.25) is 0 Å². The summed E-state index contributed by atoms with van der Waals surface area (Å²) in [5.41, 5.74) is 4.49. The minimum absolute atomic E-state index is 0.203. The molecule has 0 bridgehead atoms. The van der Waals surface area contributed by atoms with Crippen molar-refractivity contribution in [3.63, 3.8) is 0 Å². The summed E-state index contributed by atoms with van der Waals surface area (Å²) in [6.45, 7) is 4.49. The number of nitrogens with one attached hydrogen (secondary N) is 1. The molecule has 0 unspecified atom stereocenters. The summed E-state index contributed by atoms with van der Waals surface area (Å²) in [6.07, 6.45) is 0.488. The summed E-state index contributed by atoms with van der Waals surface area (Å²) in [5, 5.41) is 3.14. The smallest absolute Gasteiger partial charge is 0.156 e. The van der Waals surface area contributed by atoms with Crippen LogP contribution < -0.4 is 5.32 Å². The van der Waals surface area contributed by atoms with E-state index in [4.69, 9.17) is 0 Å². The van der Waals surface area contributed by atoms with E-state index in [-0.39, 0.29) is 5.78 Å². The Morgan fingerprint density at radius 1 is 1.00 bits per heavy atom. The van der Waals surface area contributed by atoms with Crippen LogP contribution in [0.2, 0.25) is 0 Å². The quantitative estimate of drug-likeness (QED) is 0.883. The topological polar surface area (TPSA) is 29.1 Å². The molecule has 0 radical (unpaired) electrons. The maximum Gasteiger partial charge on any atom is 0.156 e. The maximum absolute atomic E-state index is 11.9. The molecule has 19 heavy (non-hydrogen) atoms. The van der Waals surface area contributed by atoms with Gasteiger partial charge < -0.3 is 5.32 Å². The minimum atomic E-state index is 0.203. The van der Waals surface area contributed by atoms with E-state index in [0.717, 1.165) is 11.3 Å². The van der Waals surface area contributed by atoms with E-state index in [9.17, 15) is 4.79 Å². The number of benzene rings is 2. The standard InChI is InChI=1S/C17H19NO/c1-13-8-14(2)10-15(9-13)11-17(19)12-18-16-6-4-3-5-7-16/h3-10,18H,11-12H2,1-2H3. The fourth-order valence-corrected chi connectivity index (χ4v) is 2.22. The highest BCUT2D eigenvalue weighted by Gasteiger charge is 2.04. The predicted molar refractivity (Wildman–Crippen MR) is 79.6 cm³/mol. The van der Waals surface area contributed by atoms with E-state index in [1.54, 1.807) is 0 Å². The molecule has 1 N–H and O–H groups in total. The number of carbonyl (C=O) groups excluding carboxylic acids is 1. The Kier molecular flexibility index (Phi) is 4.35. The van der Waals surface area contributed by atoms with Crippen molar-refractivity contribution in [1.29, 1.82) is 0 Å². The second-order valence-electron chi connectivity index (χ2n) is 4.93. The molecular weight excluding hydrogens is 234 g/mol. The van der Waals surface area contributed by atoms with Crippen LogP contribution in [-0.2, 0) is 11.2 Å². The van der Waals surface area contributed by atoms with Crippen LogP contribution in [-0.4, -0.2) is 12.3 Å². The predicted octanol–water partition coefficient (Wildman–Crippen LogP) is 3.53. The van der Waals surface area contributed by atoms with E-state index in [1.165, 1.54) is 11.1 Å². The van der Waals surface area contributed by atoms with Crippen molar-refractivity contribution in [3.05, 3.63) is 65.2 Å². The molecule has 98 valence electrons. The van der Waals surface area contributed by atoms with Crippen molar-refractivity contribution in [2.75, 3.05) is 11.9 Å². The van der Waals surface area contributed by atoms with Gasteiger partial charge in [0.1, 0.15) is 0 Å². The van der Waals surface area contributed by atoms with Gasteiger partial charge in [0.15, 0.2) is 5.78 Å². The number of carbonyl (C=O) groups is 1. The molecule has 2 heteroatoms. The van der Waals surface area contributed by atoms with E-state index in [0.29, 0.717) is 13.0 Å². The van der Waals surface area contributed by atoms with Crippen LogP contribution >= 0.6 is 0 Å². The summed E-state index contributed by atoms with van der Waals surface area (Å²) >= 11 is 0. The Morgan fingerprint density at radius 3 is 2.26 bits per heavy atom. The normalized spacial score (nSPS) is 10.2. The van der Waals surface area contributed by atoms with E-state index in [2.05, 4.69) is 37.4 Å². The second-order valence-corrected chi connectivity index (χ2v) is 4.93. The third kappa shape index (κ3) is 4.25. The molecule has 2 nitrogen and oxygen atoms in total. The van der Waals surface area contributed by atoms with Gasteiger partial charge in [0.25, 0.3) is 0 Å². The van der Waals surface area contributed by atoms with Crippen LogP contribution in [0.25, 0.3) is 0 Å². The Morgan fingerprint density at radius 2 is 1.63 bits per heavy atom. The Labute approximate surface area is 114 Å². The van der Waals surface area contributed by atoms with Crippen molar-refractivity contribution in [1.82, 2.24) is 0 Å². The molecule has 0 heterocycles. The van der Waals surface area contributed by atoms with Crippen LogP contribution in [0.3, 0.4) is 0 Å². The van der Waals surface area contributed by atoms with E-state index >= 15 is 0 Å². The second kappa shape index (κ2) is 6.19. The molecule has 0 aliphatic rings. The summed E-state index contributed by atoms with van der Waals surface area (Å²) < 4.78 is 0. The molecule has 0 aliphatic heterocycles. The van der Waals surface area contributed by atoms with E-state index < -0.39 is 0 Å².